The van der Waals surface area contributed by atoms with Gasteiger partial charge >= 0.3 is 0 Å². The van der Waals surface area contributed by atoms with E-state index in [1.165, 1.54) is 5.56 Å². The summed E-state index contributed by atoms with van der Waals surface area (Å²) < 4.78 is 14.2. The summed E-state index contributed by atoms with van der Waals surface area (Å²) in [5, 5.41) is 18.0. The van der Waals surface area contributed by atoms with Gasteiger partial charge < -0.3 is 19.5 Å². The Hall–Kier alpha value is -3.27. The molecule has 4 rings (SSSR count). The highest BCUT2D eigenvalue weighted by Crippen LogP contribution is 2.22. The number of nitrogens with zero attached hydrogens (tertiary/aromatic N) is 5. The van der Waals surface area contributed by atoms with Gasteiger partial charge in [0.1, 0.15) is 11.5 Å². The molecule has 0 radical (unpaired) electrons. The van der Waals surface area contributed by atoms with Crippen LogP contribution in [-0.2, 0) is 29.2 Å². The van der Waals surface area contributed by atoms with Crippen LogP contribution in [0.1, 0.15) is 37.9 Å². The molecule has 1 N–H and O–H groups in total. The third-order valence-corrected chi connectivity index (χ3v) is 6.99. The summed E-state index contributed by atoms with van der Waals surface area (Å²) >= 11 is 0. The lowest BCUT2D eigenvalue weighted by Crippen LogP contribution is -2.47. The Labute approximate surface area is 225 Å². The van der Waals surface area contributed by atoms with Crippen molar-refractivity contribution in [2.75, 3.05) is 26.7 Å². The summed E-state index contributed by atoms with van der Waals surface area (Å²) in [4.78, 5) is 17.1. The zero-order chi connectivity index (χ0) is 26.9. The van der Waals surface area contributed by atoms with E-state index in [1.54, 1.807) is 11.1 Å². The highest BCUT2D eigenvalue weighted by atomic mass is 16.5. The molecule has 9 nitrogen and oxygen atoms in total. The average molecular weight is 522 g/mol. The van der Waals surface area contributed by atoms with Crippen LogP contribution in [0.15, 0.2) is 60.8 Å². The smallest absolute Gasteiger partial charge is 0.222 e. The van der Waals surface area contributed by atoms with E-state index >= 15 is 0 Å². The quantitative estimate of drug-likeness (QED) is 0.483. The summed E-state index contributed by atoms with van der Waals surface area (Å²) in [6.45, 7) is 6.90. The number of carbonyl (C=O) groups is 1. The fraction of sp³-hybridized carbons (Fsp3) is 0.483. The predicted octanol–water partition coefficient (Wildman–Crippen LogP) is 3.73. The molecule has 0 saturated carbocycles. The first-order valence-electron chi connectivity index (χ1n) is 13.3. The topological polar surface area (TPSA) is 93.0 Å². The number of aryl methyl sites for hydroxylation is 1. The summed E-state index contributed by atoms with van der Waals surface area (Å²) in [5.41, 5.74) is 2.08. The number of fused-ring (bicyclic) bond motifs is 1. The van der Waals surface area contributed by atoms with Gasteiger partial charge in [0, 0.05) is 38.5 Å². The first kappa shape index (κ1) is 27.8. The molecule has 0 spiro atoms. The molecule has 38 heavy (non-hydrogen) atoms. The Kier molecular flexibility index (Phi) is 9.86. The van der Waals surface area contributed by atoms with Crippen molar-refractivity contribution in [2.45, 2.75) is 58.5 Å². The van der Waals surface area contributed by atoms with Gasteiger partial charge in [-0.3, -0.25) is 9.69 Å². The van der Waals surface area contributed by atoms with Crippen LogP contribution in [0.5, 0.6) is 11.5 Å². The zero-order valence-electron chi connectivity index (χ0n) is 22.6. The number of carbonyl (C=O) groups excluding carboxylic acids is 1. The minimum atomic E-state index is -0.246. The second-order valence-corrected chi connectivity index (χ2v) is 10.2. The van der Waals surface area contributed by atoms with Crippen LogP contribution in [0.3, 0.4) is 0 Å². The number of para-hydroxylation sites is 1. The van der Waals surface area contributed by atoms with Crippen LogP contribution >= 0.6 is 0 Å². The van der Waals surface area contributed by atoms with E-state index in [9.17, 15) is 9.90 Å². The molecule has 2 heterocycles. The van der Waals surface area contributed by atoms with E-state index in [0.717, 1.165) is 23.7 Å². The second kappa shape index (κ2) is 13.5. The summed E-state index contributed by atoms with van der Waals surface area (Å²) in [7, 11) is 2.08. The number of aromatic nitrogens is 3. The largest absolute Gasteiger partial charge is 0.457 e. The highest BCUT2D eigenvalue weighted by molar-refractivity contribution is 5.76. The normalized spacial score (nSPS) is 19.9. The van der Waals surface area contributed by atoms with Gasteiger partial charge in [-0.05, 0) is 50.2 Å². The number of benzene rings is 2. The number of hydrogen-bond acceptors (Lipinski definition) is 7. The van der Waals surface area contributed by atoms with Crippen LogP contribution in [-0.4, -0.2) is 74.7 Å². The zero-order valence-corrected chi connectivity index (χ0v) is 22.6. The van der Waals surface area contributed by atoms with Crippen LogP contribution < -0.4 is 4.74 Å². The maximum absolute atomic E-state index is 13.0. The maximum Gasteiger partial charge on any atom is 0.222 e. The molecule has 3 aromatic rings. The van der Waals surface area contributed by atoms with Gasteiger partial charge in [-0.15, -0.1) is 5.10 Å². The molecule has 0 saturated heterocycles. The van der Waals surface area contributed by atoms with Gasteiger partial charge in [-0.2, -0.15) is 0 Å². The van der Waals surface area contributed by atoms with Gasteiger partial charge in [0.15, 0.2) is 0 Å². The second-order valence-electron chi connectivity index (χ2n) is 10.2. The first-order valence-corrected chi connectivity index (χ1v) is 13.3. The molecule has 1 aromatic heterocycles. The van der Waals surface area contributed by atoms with Crippen molar-refractivity contribution >= 4 is 5.91 Å². The molecular weight excluding hydrogens is 482 g/mol. The van der Waals surface area contributed by atoms with Gasteiger partial charge in [0.05, 0.1) is 37.3 Å². The van der Waals surface area contributed by atoms with E-state index < -0.39 is 0 Å². The molecule has 0 aliphatic carbocycles. The molecular formula is C29H39N5O4. The van der Waals surface area contributed by atoms with Crippen LogP contribution in [0.2, 0.25) is 0 Å². The van der Waals surface area contributed by atoms with E-state index in [4.69, 9.17) is 9.47 Å². The maximum atomic E-state index is 13.0. The van der Waals surface area contributed by atoms with E-state index in [0.29, 0.717) is 39.1 Å². The minimum absolute atomic E-state index is 0.0468. The predicted molar refractivity (Wildman–Crippen MR) is 145 cm³/mol. The van der Waals surface area contributed by atoms with Crippen molar-refractivity contribution in [1.82, 2.24) is 24.8 Å². The fourth-order valence-electron chi connectivity index (χ4n) is 4.72. The summed E-state index contributed by atoms with van der Waals surface area (Å²) in [6.07, 6.45) is 2.67. The number of amides is 1. The molecule has 0 bridgehead atoms. The molecule has 3 atom stereocenters. The van der Waals surface area contributed by atoms with Crippen LogP contribution in [0.25, 0.3) is 0 Å². The molecule has 1 amide bonds. The summed E-state index contributed by atoms with van der Waals surface area (Å²) in [5.74, 6) is 1.71. The molecule has 0 fully saturated rings. The standard InChI is InChI=1S/C29H39N5O4/c1-22-17-33(23(2)20-35)29(36)10-7-15-34-25(16-30-31-34)21-37-28(22)19-32(3)18-24-11-13-27(14-12-24)38-26-8-5-4-6-9-26/h4-6,8-9,11-14,16,22-23,28,35H,7,10,15,17-21H2,1-3H3/t22-,23-,28-/m0/s1. The number of aliphatic hydroxyl groups is 1. The molecule has 204 valence electrons. The SMILES string of the molecule is C[C@H]1CN([C@@H](C)CO)C(=O)CCCn2nncc2CO[C@H]1CN(C)Cc1ccc(Oc2ccccc2)cc1. The third-order valence-electron chi connectivity index (χ3n) is 6.99. The molecule has 0 unspecified atom stereocenters. The number of rotatable bonds is 8. The Morgan fingerprint density at radius 2 is 1.89 bits per heavy atom. The van der Waals surface area contributed by atoms with E-state index in [2.05, 4.69) is 41.3 Å². The lowest BCUT2D eigenvalue weighted by atomic mass is 10.0. The van der Waals surface area contributed by atoms with Gasteiger partial charge in [0.2, 0.25) is 5.91 Å². The van der Waals surface area contributed by atoms with Gasteiger partial charge in [-0.25, -0.2) is 4.68 Å². The minimum Gasteiger partial charge on any atom is -0.457 e. The Morgan fingerprint density at radius 1 is 1.16 bits per heavy atom. The molecule has 1 aliphatic heterocycles. The van der Waals surface area contributed by atoms with Crippen LogP contribution in [0.4, 0.5) is 0 Å². The lowest BCUT2D eigenvalue weighted by molar-refractivity contribution is -0.136. The van der Waals surface area contributed by atoms with Crippen molar-refractivity contribution in [3.63, 3.8) is 0 Å². The average Bonchev–Trinajstić information content (AvgIpc) is 3.37. The molecule has 1 aliphatic rings. The number of hydrogen-bond donors (Lipinski definition) is 1. The van der Waals surface area contributed by atoms with Crippen molar-refractivity contribution < 1.29 is 19.4 Å². The van der Waals surface area contributed by atoms with Crippen molar-refractivity contribution in [3.8, 4) is 11.5 Å². The Morgan fingerprint density at radius 3 is 2.63 bits per heavy atom. The fourth-order valence-corrected chi connectivity index (χ4v) is 4.72. The van der Waals surface area contributed by atoms with Gasteiger partial charge in [0.25, 0.3) is 0 Å². The number of likely N-dealkylation sites (N-methyl/N-ethyl adjacent to an activating group) is 1. The number of ether oxygens (including phenoxy) is 2. The molecule has 9 heteroatoms. The van der Waals surface area contributed by atoms with Crippen molar-refractivity contribution in [1.29, 1.82) is 0 Å². The van der Waals surface area contributed by atoms with Crippen LogP contribution in [0, 0.1) is 5.92 Å². The molecule has 2 aromatic carbocycles. The number of aliphatic hydroxyl groups excluding tert-OH is 1. The Balaban J connectivity index is 1.43. The summed E-state index contributed by atoms with van der Waals surface area (Å²) in [6, 6.07) is 17.6. The lowest BCUT2D eigenvalue weighted by Gasteiger charge is -2.35. The van der Waals surface area contributed by atoms with Gasteiger partial charge in [-0.1, -0.05) is 42.5 Å². The third kappa shape index (κ3) is 7.63. The highest BCUT2D eigenvalue weighted by Gasteiger charge is 2.28. The first-order chi connectivity index (χ1) is 18.4. The van der Waals surface area contributed by atoms with E-state index in [1.807, 2.05) is 54.1 Å². The van der Waals surface area contributed by atoms with Crippen molar-refractivity contribution in [3.05, 3.63) is 72.1 Å². The Bertz CT molecular complexity index is 1140. The van der Waals surface area contributed by atoms with Crippen molar-refractivity contribution in [2.24, 2.45) is 5.92 Å². The van der Waals surface area contributed by atoms with E-state index in [-0.39, 0.29) is 30.6 Å². The monoisotopic (exact) mass is 521 g/mol.